The molecule has 1 heterocycles. The number of hydrogen-bond acceptors (Lipinski definition) is 5. The SMILES string of the molecule is C=CCNc1nc(C)cc(C(=O)Nc2cccc(C(C)=O)c2)n1. The van der Waals surface area contributed by atoms with Gasteiger partial charge in [-0.25, -0.2) is 9.97 Å². The van der Waals surface area contributed by atoms with E-state index in [1.807, 2.05) is 0 Å². The van der Waals surface area contributed by atoms with E-state index in [2.05, 4.69) is 27.2 Å². The van der Waals surface area contributed by atoms with Gasteiger partial charge in [0.1, 0.15) is 5.69 Å². The molecule has 0 aliphatic carbocycles. The van der Waals surface area contributed by atoms with Crippen molar-refractivity contribution in [2.24, 2.45) is 0 Å². The largest absolute Gasteiger partial charge is 0.351 e. The molecular formula is C17H18N4O2. The van der Waals surface area contributed by atoms with Crippen LogP contribution in [0.25, 0.3) is 0 Å². The van der Waals surface area contributed by atoms with Crippen molar-refractivity contribution in [2.45, 2.75) is 13.8 Å². The molecule has 118 valence electrons. The van der Waals surface area contributed by atoms with Crippen molar-refractivity contribution >= 4 is 23.3 Å². The zero-order chi connectivity index (χ0) is 16.8. The zero-order valence-corrected chi connectivity index (χ0v) is 13.1. The number of rotatable bonds is 6. The van der Waals surface area contributed by atoms with Gasteiger partial charge >= 0.3 is 0 Å². The summed E-state index contributed by atoms with van der Waals surface area (Å²) in [4.78, 5) is 32.1. The molecule has 1 amide bonds. The van der Waals surface area contributed by atoms with E-state index >= 15 is 0 Å². The van der Waals surface area contributed by atoms with Gasteiger partial charge in [-0.05, 0) is 32.0 Å². The average molecular weight is 310 g/mol. The summed E-state index contributed by atoms with van der Waals surface area (Å²) >= 11 is 0. The monoisotopic (exact) mass is 310 g/mol. The smallest absolute Gasteiger partial charge is 0.274 e. The van der Waals surface area contributed by atoms with Gasteiger partial charge in [-0.15, -0.1) is 6.58 Å². The van der Waals surface area contributed by atoms with Crippen molar-refractivity contribution in [2.75, 3.05) is 17.2 Å². The molecule has 0 radical (unpaired) electrons. The standard InChI is InChI=1S/C17H18N4O2/c1-4-8-18-17-19-11(2)9-15(21-17)16(23)20-14-7-5-6-13(10-14)12(3)22/h4-7,9-10H,1,8H2,2-3H3,(H,20,23)(H,18,19,21). The third-order valence-electron chi connectivity index (χ3n) is 3.02. The molecule has 0 saturated heterocycles. The lowest BCUT2D eigenvalue weighted by molar-refractivity contribution is 0.100. The molecule has 0 fully saturated rings. The van der Waals surface area contributed by atoms with Crippen LogP contribution in [-0.4, -0.2) is 28.2 Å². The zero-order valence-electron chi connectivity index (χ0n) is 13.1. The minimum atomic E-state index is -0.363. The van der Waals surface area contributed by atoms with E-state index in [4.69, 9.17) is 0 Å². The van der Waals surface area contributed by atoms with Gasteiger partial charge in [0, 0.05) is 23.5 Å². The van der Waals surface area contributed by atoms with Crippen LogP contribution in [0.4, 0.5) is 11.6 Å². The number of hydrogen-bond donors (Lipinski definition) is 2. The maximum absolute atomic E-state index is 12.3. The fourth-order valence-electron chi connectivity index (χ4n) is 1.94. The number of carbonyl (C=O) groups excluding carboxylic acids is 2. The Bertz CT molecular complexity index is 756. The third kappa shape index (κ3) is 4.47. The second kappa shape index (κ2) is 7.31. The van der Waals surface area contributed by atoms with E-state index in [1.54, 1.807) is 43.3 Å². The number of aromatic nitrogens is 2. The van der Waals surface area contributed by atoms with Gasteiger partial charge in [-0.1, -0.05) is 18.2 Å². The van der Waals surface area contributed by atoms with Gasteiger partial charge in [0.15, 0.2) is 5.78 Å². The van der Waals surface area contributed by atoms with Gasteiger partial charge in [-0.2, -0.15) is 0 Å². The number of carbonyl (C=O) groups is 2. The summed E-state index contributed by atoms with van der Waals surface area (Å²) in [6, 6.07) is 8.36. The summed E-state index contributed by atoms with van der Waals surface area (Å²) in [5, 5.41) is 5.69. The van der Waals surface area contributed by atoms with Crippen LogP contribution >= 0.6 is 0 Å². The summed E-state index contributed by atoms with van der Waals surface area (Å²) in [6.07, 6.45) is 1.68. The Labute approximate surface area is 134 Å². The molecule has 0 spiro atoms. The first-order chi connectivity index (χ1) is 11.0. The molecule has 6 heteroatoms. The van der Waals surface area contributed by atoms with E-state index < -0.39 is 0 Å². The van der Waals surface area contributed by atoms with Crippen molar-refractivity contribution < 1.29 is 9.59 Å². The van der Waals surface area contributed by atoms with E-state index in [1.165, 1.54) is 6.92 Å². The highest BCUT2D eigenvalue weighted by atomic mass is 16.2. The first-order valence-electron chi connectivity index (χ1n) is 7.12. The van der Waals surface area contributed by atoms with Crippen LogP contribution in [0.15, 0.2) is 43.0 Å². The predicted octanol–water partition coefficient (Wildman–Crippen LogP) is 2.84. The quantitative estimate of drug-likeness (QED) is 0.633. The Morgan fingerprint density at radius 3 is 2.74 bits per heavy atom. The summed E-state index contributed by atoms with van der Waals surface area (Å²) in [5.74, 6) is -0.0553. The molecule has 1 aromatic carbocycles. The first-order valence-corrected chi connectivity index (χ1v) is 7.12. The van der Waals surface area contributed by atoms with Crippen LogP contribution in [0.3, 0.4) is 0 Å². The second-order valence-corrected chi connectivity index (χ2v) is 4.98. The highest BCUT2D eigenvalue weighted by Crippen LogP contribution is 2.13. The number of aryl methyl sites for hydroxylation is 1. The molecule has 2 aromatic rings. The number of anilines is 2. The summed E-state index contributed by atoms with van der Waals surface area (Å²) < 4.78 is 0. The van der Waals surface area contributed by atoms with Crippen LogP contribution in [0.5, 0.6) is 0 Å². The molecule has 6 nitrogen and oxygen atoms in total. The van der Waals surface area contributed by atoms with Gasteiger partial charge in [0.25, 0.3) is 5.91 Å². The number of benzene rings is 1. The topological polar surface area (TPSA) is 84.0 Å². The fourth-order valence-corrected chi connectivity index (χ4v) is 1.94. The van der Waals surface area contributed by atoms with Crippen LogP contribution in [0.2, 0.25) is 0 Å². The highest BCUT2D eigenvalue weighted by molar-refractivity contribution is 6.04. The molecule has 0 saturated carbocycles. The van der Waals surface area contributed by atoms with Gasteiger partial charge in [0.2, 0.25) is 5.95 Å². The van der Waals surface area contributed by atoms with Gasteiger partial charge in [0.05, 0.1) is 0 Å². The Kier molecular flexibility index (Phi) is 5.19. The predicted molar refractivity (Wildman–Crippen MR) is 89.9 cm³/mol. The highest BCUT2D eigenvalue weighted by Gasteiger charge is 2.11. The molecule has 0 unspecified atom stereocenters. The maximum Gasteiger partial charge on any atom is 0.274 e. The summed E-state index contributed by atoms with van der Waals surface area (Å²) in [7, 11) is 0. The molecule has 2 rings (SSSR count). The van der Waals surface area contributed by atoms with E-state index in [9.17, 15) is 9.59 Å². The van der Waals surface area contributed by atoms with Gasteiger partial charge < -0.3 is 10.6 Å². The lowest BCUT2D eigenvalue weighted by Crippen LogP contribution is -2.16. The third-order valence-corrected chi connectivity index (χ3v) is 3.02. The van der Waals surface area contributed by atoms with Crippen LogP contribution in [-0.2, 0) is 0 Å². The van der Waals surface area contributed by atoms with Crippen molar-refractivity contribution in [1.29, 1.82) is 0 Å². The molecule has 23 heavy (non-hydrogen) atoms. The molecule has 0 bridgehead atoms. The Balaban J connectivity index is 2.20. The number of ketones is 1. The van der Waals surface area contributed by atoms with Crippen molar-refractivity contribution in [3.8, 4) is 0 Å². The molecular weight excluding hydrogens is 292 g/mol. The van der Waals surface area contributed by atoms with E-state index in [0.29, 0.717) is 29.4 Å². The van der Waals surface area contributed by atoms with Crippen molar-refractivity contribution in [1.82, 2.24) is 9.97 Å². The lowest BCUT2D eigenvalue weighted by atomic mass is 10.1. The first kappa shape index (κ1) is 16.4. The van der Waals surface area contributed by atoms with Gasteiger partial charge in [-0.3, -0.25) is 9.59 Å². The Hall–Kier alpha value is -3.02. The number of Topliss-reactive ketones (excluding diaryl/α,β-unsaturated/α-hetero) is 1. The van der Waals surface area contributed by atoms with E-state index in [-0.39, 0.29) is 17.4 Å². The number of nitrogens with one attached hydrogen (secondary N) is 2. The summed E-state index contributed by atoms with van der Waals surface area (Å²) in [6.45, 7) is 7.38. The number of amides is 1. The maximum atomic E-state index is 12.3. The lowest BCUT2D eigenvalue weighted by Gasteiger charge is -2.08. The molecule has 0 aliphatic rings. The normalized spacial score (nSPS) is 10.0. The van der Waals surface area contributed by atoms with Crippen molar-refractivity contribution in [3.05, 3.63) is 59.9 Å². The van der Waals surface area contributed by atoms with Crippen LogP contribution < -0.4 is 10.6 Å². The van der Waals surface area contributed by atoms with E-state index in [0.717, 1.165) is 0 Å². The van der Waals surface area contributed by atoms with Crippen LogP contribution in [0.1, 0.15) is 33.5 Å². The van der Waals surface area contributed by atoms with Crippen LogP contribution in [0, 0.1) is 6.92 Å². The summed E-state index contributed by atoms with van der Waals surface area (Å²) in [5.41, 5.74) is 2.00. The van der Waals surface area contributed by atoms with Crippen molar-refractivity contribution in [3.63, 3.8) is 0 Å². The Morgan fingerprint density at radius 1 is 1.26 bits per heavy atom. The molecule has 0 aliphatic heterocycles. The molecule has 0 atom stereocenters. The number of nitrogens with zero attached hydrogens (tertiary/aromatic N) is 2. The minimum Gasteiger partial charge on any atom is -0.351 e. The Morgan fingerprint density at radius 2 is 2.04 bits per heavy atom. The molecule has 1 aromatic heterocycles. The fraction of sp³-hybridized carbons (Fsp3) is 0.176. The second-order valence-electron chi connectivity index (χ2n) is 4.98. The minimum absolute atomic E-state index is 0.0603. The average Bonchev–Trinajstić information content (AvgIpc) is 2.52. The molecule has 2 N–H and O–H groups in total.